The topological polar surface area (TPSA) is 91.5 Å². The Labute approximate surface area is 192 Å². The van der Waals surface area contributed by atoms with E-state index in [9.17, 15) is 0 Å². The van der Waals surface area contributed by atoms with E-state index < -0.39 is 0 Å². The monoisotopic (exact) mass is 435 g/mol. The summed E-state index contributed by atoms with van der Waals surface area (Å²) in [6.45, 7) is 2.13. The average Bonchev–Trinajstić information content (AvgIpc) is 3.64. The van der Waals surface area contributed by atoms with Crippen molar-refractivity contribution in [3.05, 3.63) is 66.2 Å². The molecule has 1 aliphatic heterocycles. The normalized spacial score (nSPS) is 16.6. The van der Waals surface area contributed by atoms with Gasteiger partial charge in [-0.2, -0.15) is 5.26 Å². The minimum atomic E-state index is 0.509. The summed E-state index contributed by atoms with van der Waals surface area (Å²) in [6.07, 6.45) is 8.22. The molecule has 1 aliphatic carbocycles. The molecule has 0 amide bonds. The van der Waals surface area contributed by atoms with Crippen LogP contribution in [-0.2, 0) is 0 Å². The molecule has 4 aromatic rings. The van der Waals surface area contributed by atoms with Crippen molar-refractivity contribution in [1.29, 1.82) is 5.26 Å². The molecular weight excluding hydrogens is 410 g/mol. The Bertz CT molecular complexity index is 1360. The molecule has 2 fully saturated rings. The minimum absolute atomic E-state index is 0.509. The number of nitrogens with one attached hydrogen (secondary N) is 2. The van der Waals surface area contributed by atoms with Gasteiger partial charge in [0, 0.05) is 24.4 Å². The predicted molar refractivity (Wildman–Crippen MR) is 128 cm³/mol. The summed E-state index contributed by atoms with van der Waals surface area (Å²) in [4.78, 5) is 13.8. The van der Waals surface area contributed by atoms with Gasteiger partial charge < -0.3 is 15.2 Å². The van der Waals surface area contributed by atoms with Crippen molar-refractivity contribution < 1.29 is 0 Å². The van der Waals surface area contributed by atoms with Gasteiger partial charge in [-0.1, -0.05) is 6.07 Å². The lowest BCUT2D eigenvalue weighted by atomic mass is 10.0. The second-order valence-electron chi connectivity index (χ2n) is 8.90. The number of imidazole rings is 1. The number of rotatable bonds is 5. The molecule has 4 heterocycles. The summed E-state index contributed by atoms with van der Waals surface area (Å²) in [5.74, 6) is 3.19. The summed E-state index contributed by atoms with van der Waals surface area (Å²) in [5.41, 5.74) is 5.10. The molecule has 1 aromatic carbocycles. The molecule has 1 saturated carbocycles. The van der Waals surface area contributed by atoms with Crippen LogP contribution in [0, 0.1) is 11.3 Å². The highest BCUT2D eigenvalue weighted by Crippen LogP contribution is 2.43. The molecule has 6 rings (SSSR count). The number of nitriles is 1. The fraction of sp³-hybridized carbons (Fsp3) is 0.308. The molecule has 7 heteroatoms. The van der Waals surface area contributed by atoms with E-state index in [4.69, 9.17) is 10.2 Å². The fourth-order valence-corrected chi connectivity index (χ4v) is 4.75. The molecule has 2 aliphatic rings. The number of fused-ring (bicyclic) bond motifs is 1. The van der Waals surface area contributed by atoms with E-state index in [1.54, 1.807) is 24.5 Å². The molecule has 0 bridgehead atoms. The van der Waals surface area contributed by atoms with Gasteiger partial charge in [0.2, 0.25) is 0 Å². The van der Waals surface area contributed by atoms with Gasteiger partial charge in [-0.15, -0.1) is 0 Å². The van der Waals surface area contributed by atoms with Crippen LogP contribution in [0.4, 0.5) is 11.6 Å². The number of piperidine rings is 1. The van der Waals surface area contributed by atoms with Crippen LogP contribution in [0.3, 0.4) is 0 Å². The van der Waals surface area contributed by atoms with Crippen molar-refractivity contribution in [3.63, 3.8) is 0 Å². The maximum Gasteiger partial charge on any atom is 0.132 e. The Kier molecular flexibility index (Phi) is 5.00. The number of aromatic nitrogens is 4. The zero-order chi connectivity index (χ0) is 22.2. The SMILES string of the molecule is N#Cc1ccnc(Nc2cc(-c3ccc4nc(C5CC5)n(C5CCNCC5)c4c3)ccn2)c1. The lowest BCUT2D eigenvalue weighted by Gasteiger charge is -2.26. The Morgan fingerprint density at radius 2 is 1.67 bits per heavy atom. The molecule has 1 saturated heterocycles. The first-order valence-electron chi connectivity index (χ1n) is 11.6. The first kappa shape index (κ1) is 19.9. The molecule has 0 radical (unpaired) electrons. The maximum atomic E-state index is 9.13. The lowest BCUT2D eigenvalue weighted by Crippen LogP contribution is -2.30. The van der Waals surface area contributed by atoms with E-state index in [0.717, 1.165) is 42.6 Å². The molecule has 0 spiro atoms. The zero-order valence-corrected chi connectivity index (χ0v) is 18.3. The highest BCUT2D eigenvalue weighted by atomic mass is 15.1. The number of pyridine rings is 2. The first-order valence-corrected chi connectivity index (χ1v) is 11.6. The average molecular weight is 436 g/mol. The highest BCUT2D eigenvalue weighted by molar-refractivity contribution is 5.83. The van der Waals surface area contributed by atoms with E-state index in [1.165, 1.54) is 24.2 Å². The molecule has 0 atom stereocenters. The molecule has 2 N–H and O–H groups in total. The van der Waals surface area contributed by atoms with Crippen LogP contribution in [0.2, 0.25) is 0 Å². The maximum absolute atomic E-state index is 9.13. The number of anilines is 2. The molecule has 7 nitrogen and oxygen atoms in total. The van der Waals surface area contributed by atoms with Crippen LogP contribution in [0.5, 0.6) is 0 Å². The number of hydrogen-bond donors (Lipinski definition) is 2. The van der Waals surface area contributed by atoms with Gasteiger partial charge in [-0.05, 0) is 86.3 Å². The van der Waals surface area contributed by atoms with E-state index in [-0.39, 0.29) is 0 Å². The summed E-state index contributed by atoms with van der Waals surface area (Å²) < 4.78 is 2.54. The van der Waals surface area contributed by atoms with E-state index in [2.05, 4.69) is 49.4 Å². The lowest BCUT2D eigenvalue weighted by molar-refractivity contribution is 0.367. The van der Waals surface area contributed by atoms with Gasteiger partial charge in [0.1, 0.15) is 17.5 Å². The van der Waals surface area contributed by atoms with E-state index >= 15 is 0 Å². The van der Waals surface area contributed by atoms with Crippen molar-refractivity contribution >= 4 is 22.7 Å². The molecule has 0 unspecified atom stereocenters. The van der Waals surface area contributed by atoms with Crippen LogP contribution < -0.4 is 10.6 Å². The quantitative estimate of drug-likeness (QED) is 0.463. The van der Waals surface area contributed by atoms with Crippen molar-refractivity contribution in [1.82, 2.24) is 24.8 Å². The third-order valence-corrected chi connectivity index (χ3v) is 6.57. The first-order chi connectivity index (χ1) is 16.3. The number of hydrogen-bond acceptors (Lipinski definition) is 6. The summed E-state index contributed by atoms with van der Waals surface area (Å²) >= 11 is 0. The summed E-state index contributed by atoms with van der Waals surface area (Å²) in [5, 5.41) is 15.8. The molecule has 164 valence electrons. The second-order valence-corrected chi connectivity index (χ2v) is 8.90. The van der Waals surface area contributed by atoms with Gasteiger partial charge in [0.05, 0.1) is 22.7 Å². The predicted octanol–water partition coefficient (Wildman–Crippen LogP) is 4.91. The van der Waals surface area contributed by atoms with Crippen LogP contribution in [0.1, 0.15) is 49.0 Å². The van der Waals surface area contributed by atoms with Crippen LogP contribution in [0.15, 0.2) is 54.9 Å². The van der Waals surface area contributed by atoms with Crippen LogP contribution >= 0.6 is 0 Å². The van der Waals surface area contributed by atoms with Crippen molar-refractivity contribution in [2.45, 2.75) is 37.6 Å². The smallest absolute Gasteiger partial charge is 0.132 e. The third kappa shape index (κ3) is 3.94. The van der Waals surface area contributed by atoms with Gasteiger partial charge in [0.25, 0.3) is 0 Å². The Balaban J connectivity index is 1.37. The summed E-state index contributed by atoms with van der Waals surface area (Å²) in [7, 11) is 0. The highest BCUT2D eigenvalue weighted by Gasteiger charge is 2.32. The second kappa shape index (κ2) is 8.30. The Morgan fingerprint density at radius 3 is 2.45 bits per heavy atom. The van der Waals surface area contributed by atoms with E-state index in [1.807, 2.05) is 12.1 Å². The van der Waals surface area contributed by atoms with Crippen molar-refractivity contribution in [3.8, 4) is 17.2 Å². The van der Waals surface area contributed by atoms with Gasteiger partial charge >= 0.3 is 0 Å². The summed E-state index contributed by atoms with van der Waals surface area (Å²) in [6, 6.07) is 16.7. The Hall–Kier alpha value is -3.76. The van der Waals surface area contributed by atoms with Crippen molar-refractivity contribution in [2.75, 3.05) is 18.4 Å². The molecule has 3 aromatic heterocycles. The Morgan fingerprint density at radius 1 is 0.909 bits per heavy atom. The van der Waals surface area contributed by atoms with Crippen LogP contribution in [0.25, 0.3) is 22.2 Å². The zero-order valence-electron chi connectivity index (χ0n) is 18.3. The number of benzene rings is 1. The number of nitrogens with zero attached hydrogens (tertiary/aromatic N) is 5. The van der Waals surface area contributed by atoms with Gasteiger partial charge in [-0.25, -0.2) is 15.0 Å². The van der Waals surface area contributed by atoms with Gasteiger partial charge in [-0.3, -0.25) is 0 Å². The molecular formula is C26H25N7. The largest absolute Gasteiger partial charge is 0.325 e. The van der Waals surface area contributed by atoms with E-state index in [0.29, 0.717) is 29.2 Å². The fourth-order valence-electron chi connectivity index (χ4n) is 4.75. The third-order valence-electron chi connectivity index (χ3n) is 6.57. The van der Waals surface area contributed by atoms with Crippen molar-refractivity contribution in [2.24, 2.45) is 0 Å². The standard InChI is InChI=1S/C26H25N7/c27-16-17-5-11-29-24(13-17)32-25-15-20(6-12-30-25)19-3-4-22-23(14-19)33(21-7-9-28-10-8-21)26(31-22)18-1-2-18/h3-6,11-15,18,21,28H,1-2,7-10H2,(H,29,30,32). The van der Waals surface area contributed by atoms with Gasteiger partial charge in [0.15, 0.2) is 0 Å². The van der Waals surface area contributed by atoms with Crippen LogP contribution in [-0.4, -0.2) is 32.6 Å². The minimum Gasteiger partial charge on any atom is -0.325 e. The molecule has 33 heavy (non-hydrogen) atoms.